The lowest BCUT2D eigenvalue weighted by atomic mass is 10.2. The van der Waals surface area contributed by atoms with Crippen molar-refractivity contribution in [3.05, 3.63) is 41.5 Å². The van der Waals surface area contributed by atoms with Crippen molar-refractivity contribution in [3.8, 4) is 0 Å². The zero-order valence-corrected chi connectivity index (χ0v) is 14.6. The van der Waals surface area contributed by atoms with Crippen molar-refractivity contribution in [2.75, 3.05) is 0 Å². The van der Waals surface area contributed by atoms with Gasteiger partial charge in [0.15, 0.2) is 0 Å². The Morgan fingerprint density at radius 3 is 2.65 bits per heavy atom. The van der Waals surface area contributed by atoms with E-state index in [9.17, 15) is 13.2 Å². The maximum absolute atomic E-state index is 12.2. The third-order valence-corrected chi connectivity index (χ3v) is 5.30. The largest absolute Gasteiger partial charge is 0.348 e. The first-order valence-electron chi connectivity index (χ1n) is 7.85. The van der Waals surface area contributed by atoms with E-state index in [0.29, 0.717) is 12.5 Å². The van der Waals surface area contributed by atoms with Gasteiger partial charge in [0.1, 0.15) is 0 Å². The second kappa shape index (κ2) is 7.27. The van der Waals surface area contributed by atoms with E-state index in [1.165, 1.54) is 12.8 Å². The highest BCUT2D eigenvalue weighted by molar-refractivity contribution is 7.89. The molecule has 5 nitrogen and oxygen atoms in total. The van der Waals surface area contributed by atoms with Crippen LogP contribution >= 0.6 is 0 Å². The lowest BCUT2D eigenvalue weighted by Gasteiger charge is -2.11. The minimum atomic E-state index is -3.52. The van der Waals surface area contributed by atoms with Gasteiger partial charge in [-0.05, 0) is 57.2 Å². The summed E-state index contributed by atoms with van der Waals surface area (Å²) in [6, 6.07) is 6.45. The Balaban J connectivity index is 2.00. The molecule has 1 aromatic carbocycles. The summed E-state index contributed by atoms with van der Waals surface area (Å²) in [7, 11) is -3.52. The maximum Gasteiger partial charge on any atom is 0.244 e. The number of rotatable bonds is 7. The van der Waals surface area contributed by atoms with E-state index in [1.54, 1.807) is 44.2 Å². The van der Waals surface area contributed by atoms with Crippen molar-refractivity contribution >= 4 is 15.9 Å². The van der Waals surface area contributed by atoms with E-state index >= 15 is 0 Å². The number of benzene rings is 1. The molecule has 0 heterocycles. The van der Waals surface area contributed by atoms with Crippen LogP contribution in [0.4, 0.5) is 0 Å². The van der Waals surface area contributed by atoms with Gasteiger partial charge < -0.3 is 5.32 Å². The van der Waals surface area contributed by atoms with Crippen LogP contribution in [0.3, 0.4) is 0 Å². The summed E-state index contributed by atoms with van der Waals surface area (Å²) in [6.45, 7) is 5.83. The van der Waals surface area contributed by atoms with Crippen LogP contribution in [0, 0.1) is 5.92 Å². The smallest absolute Gasteiger partial charge is 0.244 e. The fourth-order valence-electron chi connectivity index (χ4n) is 2.30. The number of hydrogen-bond acceptors (Lipinski definition) is 3. The Morgan fingerprint density at radius 2 is 2.04 bits per heavy atom. The number of amides is 1. The SMILES string of the molecule is C/C(=C\C(=O)NCc1cccc(S(=O)(=O)NC(C)C)c1)C1CC1. The number of carbonyl (C=O) groups excluding carboxylic acids is 1. The molecule has 1 aliphatic carbocycles. The molecule has 1 amide bonds. The van der Waals surface area contributed by atoms with Crippen LogP contribution in [0.1, 0.15) is 39.2 Å². The highest BCUT2D eigenvalue weighted by Gasteiger charge is 2.23. The predicted octanol–water partition coefficient (Wildman–Crippen LogP) is 2.35. The molecule has 2 rings (SSSR count). The highest BCUT2D eigenvalue weighted by atomic mass is 32.2. The molecular formula is C17H24N2O3S. The normalized spacial score (nSPS) is 15.7. The molecular weight excluding hydrogens is 312 g/mol. The van der Waals surface area contributed by atoms with Crippen LogP contribution < -0.4 is 10.0 Å². The third kappa shape index (κ3) is 5.48. The fraction of sp³-hybridized carbons (Fsp3) is 0.471. The number of hydrogen-bond donors (Lipinski definition) is 2. The molecule has 0 bridgehead atoms. The number of nitrogens with one attached hydrogen (secondary N) is 2. The molecule has 0 atom stereocenters. The molecule has 2 N–H and O–H groups in total. The quantitative estimate of drug-likeness (QED) is 0.751. The zero-order valence-electron chi connectivity index (χ0n) is 13.8. The lowest BCUT2D eigenvalue weighted by Crippen LogP contribution is -2.30. The van der Waals surface area contributed by atoms with E-state index < -0.39 is 10.0 Å². The first-order valence-corrected chi connectivity index (χ1v) is 9.33. The third-order valence-electron chi connectivity index (χ3n) is 3.65. The Bertz CT molecular complexity index is 704. The molecule has 1 saturated carbocycles. The molecule has 1 aliphatic rings. The van der Waals surface area contributed by atoms with Gasteiger partial charge in [-0.3, -0.25) is 4.79 Å². The molecule has 23 heavy (non-hydrogen) atoms. The van der Waals surface area contributed by atoms with Crippen LogP contribution in [0.2, 0.25) is 0 Å². The van der Waals surface area contributed by atoms with Crippen LogP contribution in [0.15, 0.2) is 40.8 Å². The minimum Gasteiger partial charge on any atom is -0.348 e. The summed E-state index contributed by atoms with van der Waals surface area (Å²) in [5.41, 5.74) is 1.86. The van der Waals surface area contributed by atoms with Gasteiger partial charge in [-0.15, -0.1) is 0 Å². The molecule has 126 valence electrons. The van der Waals surface area contributed by atoms with Gasteiger partial charge in [0.05, 0.1) is 4.90 Å². The second-order valence-corrected chi connectivity index (χ2v) is 8.02. The van der Waals surface area contributed by atoms with Crippen molar-refractivity contribution in [3.63, 3.8) is 0 Å². The monoisotopic (exact) mass is 336 g/mol. The van der Waals surface area contributed by atoms with Crippen LogP contribution in [0.25, 0.3) is 0 Å². The average molecular weight is 336 g/mol. The van der Waals surface area contributed by atoms with Crippen molar-refractivity contribution in [2.45, 2.75) is 51.1 Å². The Kier molecular flexibility index (Phi) is 5.59. The Hall–Kier alpha value is -1.66. The number of sulfonamides is 1. The summed E-state index contributed by atoms with van der Waals surface area (Å²) < 4.78 is 26.9. The molecule has 0 spiro atoms. The number of carbonyl (C=O) groups is 1. The molecule has 0 radical (unpaired) electrons. The van der Waals surface area contributed by atoms with Gasteiger partial charge in [0, 0.05) is 18.7 Å². The van der Waals surface area contributed by atoms with Gasteiger partial charge >= 0.3 is 0 Å². The minimum absolute atomic E-state index is 0.136. The molecule has 1 aromatic rings. The van der Waals surface area contributed by atoms with Crippen molar-refractivity contribution in [1.29, 1.82) is 0 Å². The molecule has 0 aromatic heterocycles. The van der Waals surface area contributed by atoms with E-state index in [-0.39, 0.29) is 16.8 Å². The van der Waals surface area contributed by atoms with E-state index in [0.717, 1.165) is 11.1 Å². The summed E-state index contributed by atoms with van der Waals surface area (Å²) in [6.07, 6.45) is 3.97. The van der Waals surface area contributed by atoms with Gasteiger partial charge in [0.25, 0.3) is 0 Å². The maximum atomic E-state index is 12.2. The average Bonchev–Trinajstić information content (AvgIpc) is 3.28. The second-order valence-electron chi connectivity index (χ2n) is 6.30. The van der Waals surface area contributed by atoms with Crippen LogP contribution in [-0.2, 0) is 21.4 Å². The first kappa shape index (κ1) is 17.7. The lowest BCUT2D eigenvalue weighted by molar-refractivity contribution is -0.116. The van der Waals surface area contributed by atoms with E-state index in [4.69, 9.17) is 0 Å². The van der Waals surface area contributed by atoms with Crippen molar-refractivity contribution in [1.82, 2.24) is 10.0 Å². The molecule has 0 unspecified atom stereocenters. The zero-order chi connectivity index (χ0) is 17.0. The summed E-state index contributed by atoms with van der Waals surface area (Å²) >= 11 is 0. The summed E-state index contributed by atoms with van der Waals surface area (Å²) in [5.74, 6) is 0.430. The molecule has 0 aliphatic heterocycles. The molecule has 0 saturated heterocycles. The Labute approximate surface area is 138 Å². The Morgan fingerprint density at radius 1 is 1.35 bits per heavy atom. The first-order chi connectivity index (χ1) is 10.8. The molecule has 6 heteroatoms. The summed E-state index contributed by atoms with van der Waals surface area (Å²) in [4.78, 5) is 12.1. The van der Waals surface area contributed by atoms with Gasteiger partial charge in [-0.25, -0.2) is 13.1 Å². The standard InChI is InChI=1S/C17H24N2O3S/c1-12(2)19-23(21,22)16-6-4-5-14(10-16)11-18-17(20)9-13(3)15-7-8-15/h4-6,9-10,12,15,19H,7-8,11H2,1-3H3,(H,18,20)/b13-9+. The van der Waals surface area contributed by atoms with Gasteiger partial charge in [-0.2, -0.15) is 0 Å². The fourth-order valence-corrected chi connectivity index (χ4v) is 3.63. The van der Waals surface area contributed by atoms with Crippen LogP contribution in [0.5, 0.6) is 0 Å². The summed E-state index contributed by atoms with van der Waals surface area (Å²) in [5, 5.41) is 2.80. The van der Waals surface area contributed by atoms with E-state index in [1.807, 2.05) is 6.92 Å². The van der Waals surface area contributed by atoms with Crippen LogP contribution in [-0.4, -0.2) is 20.4 Å². The number of allylic oxidation sites excluding steroid dienone is 1. The van der Waals surface area contributed by atoms with Gasteiger partial charge in [0.2, 0.25) is 15.9 Å². The molecule has 1 fully saturated rings. The topological polar surface area (TPSA) is 75.3 Å². The highest BCUT2D eigenvalue weighted by Crippen LogP contribution is 2.35. The predicted molar refractivity (Wildman–Crippen MR) is 90.2 cm³/mol. The van der Waals surface area contributed by atoms with Gasteiger partial charge in [-0.1, -0.05) is 17.7 Å². The van der Waals surface area contributed by atoms with E-state index in [2.05, 4.69) is 10.0 Å². The van der Waals surface area contributed by atoms with Crippen molar-refractivity contribution < 1.29 is 13.2 Å². The van der Waals surface area contributed by atoms with Crippen molar-refractivity contribution in [2.24, 2.45) is 5.92 Å².